The van der Waals surface area contributed by atoms with Gasteiger partial charge in [-0.3, -0.25) is 9.59 Å². The van der Waals surface area contributed by atoms with Gasteiger partial charge in [0.25, 0.3) is 0 Å². The molecular formula is C14H21NO4. The number of aliphatic hydroxyl groups is 1. The predicted molar refractivity (Wildman–Crippen MR) is 71.8 cm³/mol. The highest BCUT2D eigenvalue weighted by molar-refractivity contribution is 5.73. The first-order valence-electron chi connectivity index (χ1n) is 6.27. The fourth-order valence-electron chi connectivity index (χ4n) is 2.58. The number of nitrogens with one attached hydrogen (secondary N) is 1. The largest absolute Gasteiger partial charge is 0.481 e. The molecule has 0 saturated carbocycles. The molecule has 1 aromatic rings. The molecule has 0 amide bonds. The van der Waals surface area contributed by atoms with Crippen LogP contribution in [0.1, 0.15) is 39.7 Å². The number of hydrogen-bond donors (Lipinski definition) is 3. The lowest BCUT2D eigenvalue weighted by Gasteiger charge is -2.40. The smallest absolute Gasteiger partial charge is 0.310 e. The molecule has 2 atom stereocenters. The molecule has 0 spiro atoms. The van der Waals surface area contributed by atoms with Gasteiger partial charge in [-0.1, -0.05) is 27.7 Å². The molecule has 1 rings (SSSR count). The number of carboxylic acids is 1. The van der Waals surface area contributed by atoms with Gasteiger partial charge in [-0.15, -0.1) is 0 Å². The highest BCUT2D eigenvalue weighted by Gasteiger charge is 2.48. The van der Waals surface area contributed by atoms with Gasteiger partial charge in [-0.25, -0.2) is 0 Å². The van der Waals surface area contributed by atoms with E-state index in [0.29, 0.717) is 5.56 Å². The van der Waals surface area contributed by atoms with Crippen LogP contribution < -0.4 is 5.56 Å². The second-order valence-electron chi connectivity index (χ2n) is 5.86. The van der Waals surface area contributed by atoms with Crippen molar-refractivity contribution in [1.29, 1.82) is 0 Å². The van der Waals surface area contributed by atoms with E-state index in [-0.39, 0.29) is 12.0 Å². The molecule has 1 aromatic heterocycles. The van der Waals surface area contributed by atoms with Gasteiger partial charge in [0, 0.05) is 12.3 Å². The van der Waals surface area contributed by atoms with Gasteiger partial charge in [0.05, 0.1) is 5.92 Å². The summed E-state index contributed by atoms with van der Waals surface area (Å²) in [5.74, 6) is -2.08. The zero-order valence-electron chi connectivity index (χ0n) is 11.7. The number of hydrogen-bond acceptors (Lipinski definition) is 3. The summed E-state index contributed by atoms with van der Waals surface area (Å²) in [5.41, 5.74) is -2.24. The van der Waals surface area contributed by atoms with Crippen molar-refractivity contribution in [2.24, 2.45) is 11.3 Å². The van der Waals surface area contributed by atoms with E-state index in [1.165, 1.54) is 12.3 Å². The maximum Gasteiger partial charge on any atom is 0.310 e. The quantitative estimate of drug-likeness (QED) is 0.774. The van der Waals surface area contributed by atoms with E-state index in [1.54, 1.807) is 33.8 Å². The van der Waals surface area contributed by atoms with Gasteiger partial charge >= 0.3 is 5.97 Å². The third-order valence-corrected chi connectivity index (χ3v) is 3.40. The number of pyridine rings is 1. The van der Waals surface area contributed by atoms with E-state index in [9.17, 15) is 19.8 Å². The van der Waals surface area contributed by atoms with Crippen LogP contribution in [-0.2, 0) is 10.4 Å². The zero-order valence-corrected chi connectivity index (χ0v) is 11.7. The fraction of sp³-hybridized carbons (Fsp3) is 0.571. The van der Waals surface area contributed by atoms with Crippen molar-refractivity contribution >= 4 is 5.97 Å². The van der Waals surface area contributed by atoms with Gasteiger partial charge in [0.1, 0.15) is 5.60 Å². The molecule has 0 saturated heterocycles. The first-order chi connectivity index (χ1) is 8.63. The number of carboxylic acid groups (broad SMARTS) is 1. The summed E-state index contributed by atoms with van der Waals surface area (Å²) >= 11 is 0. The van der Waals surface area contributed by atoms with Crippen molar-refractivity contribution in [1.82, 2.24) is 4.98 Å². The molecule has 3 N–H and O–H groups in total. The van der Waals surface area contributed by atoms with Crippen LogP contribution in [0.2, 0.25) is 0 Å². The van der Waals surface area contributed by atoms with E-state index in [4.69, 9.17) is 0 Å². The Bertz CT molecular complexity index is 515. The molecule has 106 valence electrons. The molecule has 0 radical (unpaired) electrons. The molecule has 1 heterocycles. The lowest BCUT2D eigenvalue weighted by Crippen LogP contribution is -2.47. The molecule has 5 nitrogen and oxygen atoms in total. The summed E-state index contributed by atoms with van der Waals surface area (Å²) in [6.45, 7) is 7.00. The molecule has 19 heavy (non-hydrogen) atoms. The monoisotopic (exact) mass is 267 g/mol. The minimum Gasteiger partial charge on any atom is -0.481 e. The number of rotatable bonds is 4. The summed E-state index contributed by atoms with van der Waals surface area (Å²) in [5, 5.41) is 20.3. The van der Waals surface area contributed by atoms with Crippen molar-refractivity contribution < 1.29 is 15.0 Å². The Hall–Kier alpha value is -1.62. The maximum absolute atomic E-state index is 11.6. The van der Waals surface area contributed by atoms with Crippen molar-refractivity contribution in [3.63, 3.8) is 0 Å². The Balaban J connectivity index is 3.44. The summed E-state index contributed by atoms with van der Waals surface area (Å²) in [7, 11) is 0. The van der Waals surface area contributed by atoms with Crippen molar-refractivity contribution in [3.8, 4) is 0 Å². The highest BCUT2D eigenvalue weighted by Crippen LogP contribution is 2.42. The Morgan fingerprint density at radius 3 is 2.37 bits per heavy atom. The van der Waals surface area contributed by atoms with Crippen molar-refractivity contribution in [3.05, 3.63) is 34.2 Å². The second-order valence-corrected chi connectivity index (χ2v) is 5.86. The number of aromatic amines is 1. The van der Waals surface area contributed by atoms with Crippen molar-refractivity contribution in [2.75, 3.05) is 0 Å². The average molecular weight is 267 g/mol. The van der Waals surface area contributed by atoms with E-state index >= 15 is 0 Å². The van der Waals surface area contributed by atoms with E-state index in [0.717, 1.165) is 0 Å². The van der Waals surface area contributed by atoms with Crippen LogP contribution in [0, 0.1) is 11.3 Å². The number of carbonyl (C=O) groups is 1. The van der Waals surface area contributed by atoms with Crippen LogP contribution in [0.15, 0.2) is 23.1 Å². The first kappa shape index (κ1) is 15.4. The Morgan fingerprint density at radius 1 is 1.42 bits per heavy atom. The SMILES string of the molecule is CCC(O)(c1cc[nH]c(=O)c1)C(C(=O)O)C(C)(C)C. The molecule has 0 fully saturated rings. The van der Waals surface area contributed by atoms with Gasteiger partial charge in [-0.05, 0) is 23.5 Å². The van der Waals surface area contributed by atoms with Crippen LogP contribution in [0.25, 0.3) is 0 Å². The zero-order chi connectivity index (χ0) is 14.8. The second kappa shape index (κ2) is 5.17. The first-order valence-corrected chi connectivity index (χ1v) is 6.27. The van der Waals surface area contributed by atoms with Gasteiger partial charge in [0.15, 0.2) is 0 Å². The molecule has 0 aliphatic rings. The molecule has 0 aliphatic heterocycles. The fourth-order valence-corrected chi connectivity index (χ4v) is 2.58. The molecular weight excluding hydrogens is 246 g/mol. The lowest BCUT2D eigenvalue weighted by atomic mass is 9.67. The standard InChI is InChI=1S/C14H21NO4/c1-5-14(19,9-6-7-15-10(16)8-9)11(12(17)18)13(2,3)4/h6-8,11,19H,5H2,1-4H3,(H,15,16)(H,17,18). The number of H-pyrrole nitrogens is 1. The van der Waals surface area contributed by atoms with E-state index in [2.05, 4.69) is 4.98 Å². The Morgan fingerprint density at radius 2 is 2.00 bits per heavy atom. The van der Waals surface area contributed by atoms with Gasteiger partial charge < -0.3 is 15.2 Å². The molecule has 0 bridgehead atoms. The maximum atomic E-state index is 11.6. The van der Waals surface area contributed by atoms with Crippen LogP contribution in [0.5, 0.6) is 0 Å². The van der Waals surface area contributed by atoms with Crippen LogP contribution >= 0.6 is 0 Å². The van der Waals surface area contributed by atoms with Crippen LogP contribution in [0.3, 0.4) is 0 Å². The molecule has 2 unspecified atom stereocenters. The van der Waals surface area contributed by atoms with Gasteiger partial charge in [-0.2, -0.15) is 0 Å². The predicted octanol–water partition coefficient (Wildman–Crippen LogP) is 1.72. The van der Waals surface area contributed by atoms with Crippen LogP contribution in [0.4, 0.5) is 0 Å². The van der Waals surface area contributed by atoms with Crippen molar-refractivity contribution in [2.45, 2.75) is 39.7 Å². The van der Waals surface area contributed by atoms with Crippen LogP contribution in [-0.4, -0.2) is 21.2 Å². The molecule has 5 heteroatoms. The minimum atomic E-state index is -1.57. The topological polar surface area (TPSA) is 90.4 Å². The Labute approximate surface area is 112 Å². The summed E-state index contributed by atoms with van der Waals surface area (Å²) < 4.78 is 0. The molecule has 0 aliphatic carbocycles. The molecule has 0 aromatic carbocycles. The highest BCUT2D eigenvalue weighted by atomic mass is 16.4. The lowest BCUT2D eigenvalue weighted by molar-refractivity contribution is -0.163. The van der Waals surface area contributed by atoms with E-state index < -0.39 is 22.9 Å². The average Bonchev–Trinajstić information content (AvgIpc) is 2.26. The summed E-state index contributed by atoms with van der Waals surface area (Å²) in [6, 6.07) is 2.80. The van der Waals surface area contributed by atoms with E-state index in [1.807, 2.05) is 0 Å². The third kappa shape index (κ3) is 3.04. The normalized spacial score (nSPS) is 16.7. The Kier molecular flexibility index (Phi) is 4.20. The van der Waals surface area contributed by atoms with Gasteiger partial charge in [0.2, 0.25) is 5.56 Å². The number of aromatic nitrogens is 1. The third-order valence-electron chi connectivity index (χ3n) is 3.40. The number of aliphatic carboxylic acids is 1. The minimum absolute atomic E-state index is 0.213. The summed E-state index contributed by atoms with van der Waals surface area (Å²) in [6.07, 6.45) is 1.63. The summed E-state index contributed by atoms with van der Waals surface area (Å²) in [4.78, 5) is 25.4.